The molecule has 0 saturated heterocycles. The summed E-state index contributed by atoms with van der Waals surface area (Å²) in [6.45, 7) is 7.24. The molecule has 0 N–H and O–H groups in total. The highest BCUT2D eigenvalue weighted by Gasteiger charge is 2.08. The van der Waals surface area contributed by atoms with Gasteiger partial charge in [-0.25, -0.2) is 0 Å². The van der Waals surface area contributed by atoms with E-state index in [-0.39, 0.29) is 0 Å². The summed E-state index contributed by atoms with van der Waals surface area (Å²) in [4.78, 5) is 0. The lowest BCUT2D eigenvalue weighted by Gasteiger charge is -2.18. The highest BCUT2D eigenvalue weighted by Crippen LogP contribution is 2.05. The van der Waals surface area contributed by atoms with Crippen molar-refractivity contribution in [2.24, 2.45) is 0 Å². The van der Waals surface area contributed by atoms with Crippen molar-refractivity contribution in [3.63, 3.8) is 0 Å². The molecule has 0 heterocycles. The van der Waals surface area contributed by atoms with Crippen molar-refractivity contribution in [3.05, 3.63) is 0 Å². The molecule has 0 rings (SSSR count). The van der Waals surface area contributed by atoms with Gasteiger partial charge in [-0.15, -0.1) is 0 Å². The standard InChI is InChI=1S/C11H26O3SSi/c1-4-7-12-11(13-8-5-2)14-16-9-6-10(3)15/h10-11,15H,4-9,16H2,1-3H3. The van der Waals surface area contributed by atoms with Gasteiger partial charge in [0.05, 0.1) is 13.2 Å². The first-order valence-electron chi connectivity index (χ1n) is 6.23. The fraction of sp³-hybridized carbons (Fsp3) is 1.00. The van der Waals surface area contributed by atoms with Crippen LogP contribution in [-0.4, -0.2) is 34.7 Å². The Balaban J connectivity index is 3.56. The molecular weight excluding hydrogens is 240 g/mol. The van der Waals surface area contributed by atoms with E-state index in [0.717, 1.165) is 25.3 Å². The minimum absolute atomic E-state index is 0.429. The molecule has 0 aromatic heterocycles. The predicted octanol–water partition coefficient (Wildman–Crippen LogP) is 2.35. The maximum absolute atomic E-state index is 5.66. The number of ether oxygens (including phenoxy) is 2. The molecule has 0 aliphatic heterocycles. The highest BCUT2D eigenvalue weighted by molar-refractivity contribution is 7.80. The maximum atomic E-state index is 5.66. The van der Waals surface area contributed by atoms with E-state index in [1.54, 1.807) is 0 Å². The van der Waals surface area contributed by atoms with Crippen LogP contribution in [0.25, 0.3) is 0 Å². The molecule has 98 valence electrons. The second-order valence-electron chi connectivity index (χ2n) is 3.89. The van der Waals surface area contributed by atoms with Crippen molar-refractivity contribution in [1.82, 2.24) is 0 Å². The summed E-state index contributed by atoms with van der Waals surface area (Å²) in [5, 5.41) is 0.461. The van der Waals surface area contributed by atoms with Gasteiger partial charge in [-0.05, 0) is 30.6 Å². The Hall–Kier alpha value is 0.447. The van der Waals surface area contributed by atoms with Crippen LogP contribution in [-0.2, 0) is 13.9 Å². The third-order valence-electron chi connectivity index (χ3n) is 1.94. The Kier molecular flexibility index (Phi) is 12.3. The number of hydrogen-bond donors (Lipinski definition) is 1. The van der Waals surface area contributed by atoms with Crippen molar-refractivity contribution >= 4 is 22.4 Å². The zero-order valence-corrected chi connectivity index (χ0v) is 13.1. The molecule has 0 spiro atoms. The fourth-order valence-corrected chi connectivity index (χ4v) is 2.99. The molecule has 0 aromatic rings. The molecule has 0 fully saturated rings. The lowest BCUT2D eigenvalue weighted by Crippen LogP contribution is -2.24. The Morgan fingerprint density at radius 2 is 1.69 bits per heavy atom. The van der Waals surface area contributed by atoms with Gasteiger partial charge in [-0.2, -0.15) is 12.6 Å². The van der Waals surface area contributed by atoms with E-state index in [2.05, 4.69) is 33.4 Å². The average Bonchev–Trinajstić information content (AvgIpc) is 2.26. The van der Waals surface area contributed by atoms with E-state index in [1.165, 1.54) is 0 Å². The van der Waals surface area contributed by atoms with Gasteiger partial charge in [0.1, 0.15) is 0 Å². The Labute approximate surface area is 108 Å². The number of hydrogen-bond acceptors (Lipinski definition) is 4. The van der Waals surface area contributed by atoms with E-state index >= 15 is 0 Å². The lowest BCUT2D eigenvalue weighted by molar-refractivity contribution is -0.247. The summed E-state index contributed by atoms with van der Waals surface area (Å²) < 4.78 is 16.6. The number of thiol groups is 1. The van der Waals surface area contributed by atoms with E-state index < -0.39 is 16.2 Å². The van der Waals surface area contributed by atoms with Gasteiger partial charge in [-0.1, -0.05) is 20.8 Å². The molecule has 3 nitrogen and oxygen atoms in total. The maximum Gasteiger partial charge on any atom is 0.261 e. The van der Waals surface area contributed by atoms with Crippen molar-refractivity contribution in [3.8, 4) is 0 Å². The molecule has 0 bridgehead atoms. The van der Waals surface area contributed by atoms with Crippen LogP contribution >= 0.6 is 12.6 Å². The van der Waals surface area contributed by atoms with Gasteiger partial charge in [0, 0.05) is 0 Å². The third-order valence-corrected chi connectivity index (χ3v) is 3.40. The topological polar surface area (TPSA) is 27.7 Å². The first-order chi connectivity index (χ1) is 7.70. The van der Waals surface area contributed by atoms with Crippen LogP contribution in [0.5, 0.6) is 0 Å². The number of rotatable bonds is 11. The smallest absolute Gasteiger partial charge is 0.261 e. The summed E-state index contributed by atoms with van der Waals surface area (Å²) in [6.07, 6.45) is 3.10. The van der Waals surface area contributed by atoms with Gasteiger partial charge in [0.2, 0.25) is 0 Å². The van der Waals surface area contributed by atoms with Crippen molar-refractivity contribution in [2.75, 3.05) is 13.2 Å². The van der Waals surface area contributed by atoms with Crippen LogP contribution < -0.4 is 0 Å². The third kappa shape index (κ3) is 10.9. The Morgan fingerprint density at radius 1 is 1.12 bits per heavy atom. The second kappa shape index (κ2) is 11.9. The van der Waals surface area contributed by atoms with Crippen LogP contribution in [0.1, 0.15) is 40.0 Å². The van der Waals surface area contributed by atoms with Crippen LogP contribution in [0.15, 0.2) is 0 Å². The van der Waals surface area contributed by atoms with Gasteiger partial charge >= 0.3 is 0 Å². The quantitative estimate of drug-likeness (QED) is 0.269. The van der Waals surface area contributed by atoms with E-state index in [9.17, 15) is 0 Å². The van der Waals surface area contributed by atoms with Gasteiger partial charge in [0.15, 0.2) is 9.76 Å². The van der Waals surface area contributed by atoms with E-state index in [0.29, 0.717) is 18.5 Å². The highest BCUT2D eigenvalue weighted by atomic mass is 32.1. The first kappa shape index (κ1) is 16.4. The molecule has 0 amide bonds. The largest absolute Gasteiger partial charge is 0.379 e. The van der Waals surface area contributed by atoms with E-state index in [1.807, 2.05) is 0 Å². The predicted molar refractivity (Wildman–Crippen MR) is 73.8 cm³/mol. The molecule has 5 heteroatoms. The molecule has 0 aromatic carbocycles. The van der Waals surface area contributed by atoms with Crippen LogP contribution in [0, 0.1) is 0 Å². The summed E-state index contributed by atoms with van der Waals surface area (Å²) in [6, 6.07) is 1.13. The van der Waals surface area contributed by atoms with Gasteiger partial charge in [-0.3, -0.25) is 0 Å². The molecule has 16 heavy (non-hydrogen) atoms. The summed E-state index contributed by atoms with van der Waals surface area (Å²) in [5.74, 6) is 0. The van der Waals surface area contributed by atoms with Crippen LogP contribution in [0.3, 0.4) is 0 Å². The Bertz CT molecular complexity index is 139. The molecule has 0 aliphatic carbocycles. The summed E-state index contributed by atoms with van der Waals surface area (Å²) in [7, 11) is -0.534. The summed E-state index contributed by atoms with van der Waals surface area (Å²) >= 11 is 4.34. The molecule has 1 atom stereocenters. The molecular formula is C11H26O3SSi. The summed E-state index contributed by atoms with van der Waals surface area (Å²) in [5.41, 5.74) is 0. The molecule has 1 unspecified atom stereocenters. The Morgan fingerprint density at radius 3 is 2.12 bits per heavy atom. The first-order valence-corrected chi connectivity index (χ1v) is 8.32. The minimum Gasteiger partial charge on any atom is -0.379 e. The van der Waals surface area contributed by atoms with Gasteiger partial charge < -0.3 is 13.9 Å². The van der Waals surface area contributed by atoms with Crippen molar-refractivity contribution in [1.29, 1.82) is 0 Å². The average molecular weight is 266 g/mol. The SMILES string of the molecule is CCCOC(OCCC)O[SiH2]CCC(C)S. The van der Waals surface area contributed by atoms with Crippen LogP contribution in [0.2, 0.25) is 6.04 Å². The lowest BCUT2D eigenvalue weighted by atomic mass is 10.4. The van der Waals surface area contributed by atoms with E-state index in [4.69, 9.17) is 13.9 Å². The van der Waals surface area contributed by atoms with Crippen molar-refractivity contribution < 1.29 is 13.9 Å². The molecule has 0 radical (unpaired) electrons. The van der Waals surface area contributed by atoms with Gasteiger partial charge in [0.25, 0.3) is 6.48 Å². The monoisotopic (exact) mass is 266 g/mol. The zero-order chi connectivity index (χ0) is 12.2. The molecule has 0 saturated carbocycles. The second-order valence-corrected chi connectivity index (χ2v) is 6.22. The van der Waals surface area contributed by atoms with Crippen LogP contribution in [0.4, 0.5) is 0 Å². The molecule has 0 aliphatic rings. The normalized spacial score (nSPS) is 14.1. The zero-order valence-electron chi connectivity index (χ0n) is 10.8. The fourth-order valence-electron chi connectivity index (χ4n) is 1.13. The minimum atomic E-state index is -0.534. The van der Waals surface area contributed by atoms with Crippen molar-refractivity contribution in [2.45, 2.75) is 57.8 Å².